The van der Waals surface area contributed by atoms with Gasteiger partial charge in [-0.1, -0.05) is 59.8 Å². The molecule has 6 nitrogen and oxygen atoms in total. The number of aromatic nitrogens is 2. The molecular weight excluding hydrogens is 352 g/mol. The van der Waals surface area contributed by atoms with Crippen molar-refractivity contribution < 1.29 is 9.63 Å². The van der Waals surface area contributed by atoms with Crippen LogP contribution in [-0.4, -0.2) is 21.8 Å². The molecule has 2 aromatic carbocycles. The lowest BCUT2D eigenvalue weighted by molar-refractivity contribution is 0.0518. The Morgan fingerprint density at radius 3 is 2.46 bits per heavy atom. The third-order valence-electron chi connectivity index (χ3n) is 4.16. The lowest BCUT2D eigenvalue weighted by Gasteiger charge is -2.08. The zero-order chi connectivity index (χ0) is 19.3. The van der Waals surface area contributed by atoms with Gasteiger partial charge in [-0.05, 0) is 24.3 Å². The van der Waals surface area contributed by atoms with Gasteiger partial charge >= 0.3 is 5.97 Å². The number of carbonyl (C=O) groups is 1. The molecule has 6 heteroatoms. The first-order valence-corrected chi connectivity index (χ1v) is 8.64. The predicted octanol–water partition coefficient (Wildman–Crippen LogP) is 3.77. The molecule has 2 N–H and O–H groups in total. The Balaban J connectivity index is 1.72. The average molecular weight is 368 g/mol. The summed E-state index contributed by atoms with van der Waals surface area (Å²) >= 11 is 0. The van der Waals surface area contributed by atoms with Crippen molar-refractivity contribution in [2.75, 3.05) is 0 Å². The van der Waals surface area contributed by atoms with Crippen LogP contribution in [0, 0.1) is 0 Å². The molecule has 0 saturated carbocycles. The Morgan fingerprint density at radius 2 is 1.68 bits per heavy atom. The van der Waals surface area contributed by atoms with Gasteiger partial charge in [-0.2, -0.15) is 0 Å². The number of fused-ring (bicyclic) bond motifs is 1. The van der Waals surface area contributed by atoms with Gasteiger partial charge in [0.2, 0.25) is 0 Å². The Labute approximate surface area is 161 Å². The van der Waals surface area contributed by atoms with Gasteiger partial charge < -0.3 is 10.6 Å². The number of hydrogen-bond donors (Lipinski definition) is 1. The molecule has 28 heavy (non-hydrogen) atoms. The van der Waals surface area contributed by atoms with E-state index in [1.165, 1.54) is 0 Å². The zero-order valence-corrected chi connectivity index (χ0v) is 14.8. The average Bonchev–Trinajstić information content (AvgIpc) is 2.77. The number of hydrogen-bond acceptors (Lipinski definition) is 5. The standard InChI is InChI=1S/C22H16N4O2/c23-21(19-12-6-7-13-24-19)26-28-22(27)17-14-20(15-8-2-1-3-9-15)25-18-11-5-4-10-16(17)18/h1-14H,(H2,23,26). The quantitative estimate of drug-likeness (QED) is 0.256. The largest absolute Gasteiger partial charge is 0.379 e. The van der Waals surface area contributed by atoms with Gasteiger partial charge in [0.05, 0.1) is 16.8 Å². The number of nitrogens with zero attached hydrogens (tertiary/aromatic N) is 3. The van der Waals surface area contributed by atoms with E-state index >= 15 is 0 Å². The minimum absolute atomic E-state index is 0.0237. The van der Waals surface area contributed by atoms with Crippen LogP contribution < -0.4 is 5.73 Å². The molecule has 0 radical (unpaired) electrons. The van der Waals surface area contributed by atoms with E-state index in [2.05, 4.69) is 15.1 Å². The fraction of sp³-hybridized carbons (Fsp3) is 0. The Bertz CT molecular complexity index is 1160. The summed E-state index contributed by atoms with van der Waals surface area (Å²) in [4.78, 5) is 26.6. The molecule has 2 heterocycles. The Morgan fingerprint density at radius 1 is 0.929 bits per heavy atom. The van der Waals surface area contributed by atoms with E-state index in [1.807, 2.05) is 54.6 Å². The topological polar surface area (TPSA) is 90.5 Å². The molecule has 2 aromatic heterocycles. The van der Waals surface area contributed by atoms with Crippen LogP contribution in [0.5, 0.6) is 0 Å². The number of amidine groups is 1. The van der Waals surface area contributed by atoms with Crippen LogP contribution in [0.1, 0.15) is 16.1 Å². The van der Waals surface area contributed by atoms with Gasteiger partial charge in [-0.3, -0.25) is 4.98 Å². The van der Waals surface area contributed by atoms with Gasteiger partial charge in [-0.25, -0.2) is 9.78 Å². The summed E-state index contributed by atoms with van der Waals surface area (Å²) in [7, 11) is 0. The monoisotopic (exact) mass is 368 g/mol. The van der Waals surface area contributed by atoms with Crippen molar-refractivity contribution in [2.45, 2.75) is 0 Å². The second kappa shape index (κ2) is 7.67. The highest BCUT2D eigenvalue weighted by Crippen LogP contribution is 2.25. The molecule has 0 atom stereocenters. The molecule has 4 rings (SSSR count). The van der Waals surface area contributed by atoms with E-state index in [0.717, 1.165) is 5.56 Å². The number of para-hydroxylation sites is 1. The highest BCUT2D eigenvalue weighted by atomic mass is 16.7. The third-order valence-corrected chi connectivity index (χ3v) is 4.16. The number of benzene rings is 2. The minimum atomic E-state index is -0.616. The summed E-state index contributed by atoms with van der Waals surface area (Å²) < 4.78 is 0. The van der Waals surface area contributed by atoms with Crippen LogP contribution in [-0.2, 0) is 4.84 Å². The lowest BCUT2D eigenvalue weighted by Crippen LogP contribution is -2.16. The van der Waals surface area contributed by atoms with Crippen molar-refractivity contribution in [3.05, 3.63) is 96.3 Å². The molecule has 0 aliphatic rings. The van der Waals surface area contributed by atoms with Crippen LogP contribution >= 0.6 is 0 Å². The molecule has 0 aliphatic heterocycles. The van der Waals surface area contributed by atoms with Crippen LogP contribution in [0.25, 0.3) is 22.2 Å². The van der Waals surface area contributed by atoms with Crippen molar-refractivity contribution in [3.8, 4) is 11.3 Å². The van der Waals surface area contributed by atoms with Crippen LogP contribution in [0.4, 0.5) is 0 Å². The summed E-state index contributed by atoms with van der Waals surface area (Å²) in [6.45, 7) is 0. The summed E-state index contributed by atoms with van der Waals surface area (Å²) in [6.07, 6.45) is 1.59. The molecule has 0 spiro atoms. The first-order valence-electron chi connectivity index (χ1n) is 8.64. The van der Waals surface area contributed by atoms with Crippen molar-refractivity contribution in [2.24, 2.45) is 10.9 Å². The van der Waals surface area contributed by atoms with E-state index < -0.39 is 5.97 Å². The Hall–Kier alpha value is -4.06. The third kappa shape index (κ3) is 3.57. The molecule has 0 unspecified atom stereocenters. The van der Waals surface area contributed by atoms with E-state index in [0.29, 0.717) is 27.9 Å². The molecule has 0 bridgehead atoms. The summed E-state index contributed by atoms with van der Waals surface area (Å²) in [5.41, 5.74) is 8.91. The van der Waals surface area contributed by atoms with Crippen molar-refractivity contribution in [1.29, 1.82) is 0 Å². The minimum Gasteiger partial charge on any atom is -0.379 e. The van der Waals surface area contributed by atoms with E-state index in [1.54, 1.807) is 30.5 Å². The van der Waals surface area contributed by atoms with Crippen LogP contribution in [0.3, 0.4) is 0 Å². The molecule has 136 valence electrons. The molecule has 0 amide bonds. The number of pyridine rings is 2. The maximum atomic E-state index is 12.7. The number of nitrogens with two attached hydrogens (primary N) is 1. The summed E-state index contributed by atoms with van der Waals surface area (Å²) in [5, 5.41) is 4.42. The van der Waals surface area contributed by atoms with Gasteiger partial charge in [0.1, 0.15) is 5.69 Å². The van der Waals surface area contributed by atoms with Crippen LogP contribution in [0.2, 0.25) is 0 Å². The summed E-state index contributed by atoms with van der Waals surface area (Å²) in [6, 6.07) is 23.9. The maximum absolute atomic E-state index is 12.7. The van der Waals surface area contributed by atoms with Crippen molar-refractivity contribution in [1.82, 2.24) is 9.97 Å². The fourth-order valence-corrected chi connectivity index (χ4v) is 2.80. The van der Waals surface area contributed by atoms with Gasteiger partial charge in [0, 0.05) is 17.1 Å². The molecular formula is C22H16N4O2. The van der Waals surface area contributed by atoms with E-state index in [9.17, 15) is 4.79 Å². The van der Waals surface area contributed by atoms with E-state index in [-0.39, 0.29) is 5.84 Å². The smallest absolute Gasteiger partial charge is 0.366 e. The second-order valence-corrected chi connectivity index (χ2v) is 6.01. The van der Waals surface area contributed by atoms with E-state index in [4.69, 9.17) is 10.6 Å². The van der Waals surface area contributed by atoms with Gasteiger partial charge in [0.15, 0.2) is 5.84 Å². The second-order valence-electron chi connectivity index (χ2n) is 6.01. The van der Waals surface area contributed by atoms with Gasteiger partial charge in [-0.15, -0.1) is 0 Å². The number of carbonyl (C=O) groups excluding carboxylic acids is 1. The van der Waals surface area contributed by atoms with Crippen molar-refractivity contribution >= 4 is 22.7 Å². The first-order chi connectivity index (χ1) is 13.7. The number of oxime groups is 1. The molecule has 4 aromatic rings. The predicted molar refractivity (Wildman–Crippen MR) is 108 cm³/mol. The zero-order valence-electron chi connectivity index (χ0n) is 14.8. The number of rotatable bonds is 4. The molecule has 0 fully saturated rings. The van der Waals surface area contributed by atoms with Crippen molar-refractivity contribution in [3.63, 3.8) is 0 Å². The van der Waals surface area contributed by atoms with Gasteiger partial charge in [0.25, 0.3) is 0 Å². The maximum Gasteiger partial charge on any atom is 0.366 e. The fourth-order valence-electron chi connectivity index (χ4n) is 2.80. The summed E-state index contributed by atoms with van der Waals surface area (Å²) in [5.74, 6) is -0.592. The molecule has 0 saturated heterocycles. The lowest BCUT2D eigenvalue weighted by atomic mass is 10.0. The Kier molecular flexibility index (Phi) is 4.76. The molecule has 0 aliphatic carbocycles. The van der Waals surface area contributed by atoms with Crippen LogP contribution in [0.15, 0.2) is 90.2 Å². The SMILES string of the molecule is NC(=NOC(=O)c1cc(-c2ccccc2)nc2ccccc12)c1ccccn1. The highest BCUT2D eigenvalue weighted by Gasteiger charge is 2.16. The first kappa shape index (κ1) is 17.4. The normalized spacial score (nSPS) is 11.4. The highest BCUT2D eigenvalue weighted by molar-refractivity contribution is 6.05.